The maximum atomic E-state index is 13.9. The number of carbonyl (C=O) groups is 1. The van der Waals surface area contributed by atoms with Crippen LogP contribution >= 0.6 is 12.4 Å². The first-order valence-electron chi connectivity index (χ1n) is 10.1. The van der Waals surface area contributed by atoms with Gasteiger partial charge < -0.3 is 25.2 Å². The molecular formula is C22H35ClN2O5. The van der Waals surface area contributed by atoms with Gasteiger partial charge in [0.2, 0.25) is 0 Å². The summed E-state index contributed by atoms with van der Waals surface area (Å²) in [6, 6.07) is 5.09. The van der Waals surface area contributed by atoms with Crippen LogP contribution in [0, 0.1) is 10.6 Å². The zero-order valence-corrected chi connectivity index (χ0v) is 19.5. The number of carbonyl (C=O) groups excluding carboxylic acids is 1. The molecule has 1 aromatic carbocycles. The van der Waals surface area contributed by atoms with Crippen molar-refractivity contribution in [3.63, 3.8) is 0 Å². The summed E-state index contributed by atoms with van der Waals surface area (Å²) in [7, 11) is 1.60. The number of benzene rings is 1. The summed E-state index contributed by atoms with van der Waals surface area (Å²) in [5, 5.41) is 13.9. The number of hydrogen-bond donors (Lipinski definition) is 1. The standard InChI is InChI=1S/C22H34N2O5.ClH/c1-6-7-10-29-20-18-13-16(28-12-11-27-5)8-9-17(18)21(25)24(26,19(20)14-23)15-22(2,3)4;/h8-9,13H,6-7,10-12,14-15,23H2,1-5H3;1H. The number of unbranched alkanes of at least 4 members (excludes halogenated alkanes) is 1. The van der Waals surface area contributed by atoms with Crippen LogP contribution in [-0.2, 0) is 9.47 Å². The summed E-state index contributed by atoms with van der Waals surface area (Å²) in [5.41, 5.74) is 6.80. The lowest BCUT2D eigenvalue weighted by Crippen LogP contribution is -2.55. The van der Waals surface area contributed by atoms with Crippen LogP contribution in [-0.4, -0.2) is 50.6 Å². The second-order valence-corrected chi connectivity index (χ2v) is 8.49. The normalized spacial score (nSPS) is 18.7. The van der Waals surface area contributed by atoms with Crippen molar-refractivity contribution in [2.45, 2.75) is 40.5 Å². The molecule has 0 aromatic heterocycles. The maximum Gasteiger partial charge on any atom is 0.351 e. The van der Waals surface area contributed by atoms with Crippen LogP contribution in [0.15, 0.2) is 23.9 Å². The molecular weight excluding hydrogens is 408 g/mol. The zero-order valence-electron chi connectivity index (χ0n) is 18.7. The number of nitrogens with zero attached hydrogens (tertiary/aromatic N) is 1. The van der Waals surface area contributed by atoms with Gasteiger partial charge in [0.05, 0.1) is 31.9 Å². The Kier molecular flexibility index (Phi) is 9.78. The molecule has 1 aliphatic rings. The molecule has 1 heterocycles. The summed E-state index contributed by atoms with van der Waals surface area (Å²) in [6.45, 7) is 9.19. The molecule has 2 N–H and O–H groups in total. The number of nitrogens with two attached hydrogens (primary N) is 1. The van der Waals surface area contributed by atoms with Gasteiger partial charge in [0.15, 0.2) is 11.5 Å². The monoisotopic (exact) mass is 442 g/mol. The number of methoxy groups -OCH3 is 1. The molecule has 0 fully saturated rings. The Morgan fingerprint density at radius 1 is 1.10 bits per heavy atom. The van der Waals surface area contributed by atoms with Crippen molar-refractivity contribution in [2.75, 3.05) is 40.0 Å². The van der Waals surface area contributed by atoms with Crippen LogP contribution in [0.1, 0.15) is 56.5 Å². The topological polar surface area (TPSA) is 93.8 Å². The van der Waals surface area contributed by atoms with Crippen molar-refractivity contribution in [1.29, 1.82) is 0 Å². The number of hydrogen-bond acceptors (Lipinski definition) is 6. The van der Waals surface area contributed by atoms with Gasteiger partial charge in [-0.25, -0.2) is 4.79 Å². The van der Waals surface area contributed by atoms with Crippen LogP contribution in [0.2, 0.25) is 0 Å². The quantitative estimate of drug-likeness (QED) is 0.333. The molecule has 7 nitrogen and oxygen atoms in total. The summed E-state index contributed by atoms with van der Waals surface area (Å²) >= 11 is 0. The molecule has 1 amide bonds. The van der Waals surface area contributed by atoms with Crippen LogP contribution in [0.5, 0.6) is 5.75 Å². The SMILES string of the molecule is CCCCOC1=C(CN)[N+]([O-])(CC(C)(C)C)C(=O)c2ccc(OCCOC)cc21.Cl. The van der Waals surface area contributed by atoms with Crippen LogP contribution in [0.25, 0.3) is 5.76 Å². The lowest BCUT2D eigenvalue weighted by Gasteiger charge is -2.47. The smallest absolute Gasteiger partial charge is 0.351 e. The van der Waals surface area contributed by atoms with Gasteiger partial charge in [-0.15, -0.1) is 12.4 Å². The minimum Gasteiger partial charge on any atom is -0.620 e. The van der Waals surface area contributed by atoms with Crippen molar-refractivity contribution < 1.29 is 23.7 Å². The Bertz CT molecular complexity index is 760. The highest BCUT2D eigenvalue weighted by atomic mass is 35.5. The fourth-order valence-corrected chi connectivity index (χ4v) is 3.42. The van der Waals surface area contributed by atoms with Gasteiger partial charge in [-0.05, 0) is 24.6 Å². The molecule has 2 rings (SSSR count). The highest BCUT2D eigenvalue weighted by Gasteiger charge is 2.45. The number of amides is 1. The highest BCUT2D eigenvalue weighted by molar-refractivity contribution is 5.98. The van der Waals surface area contributed by atoms with E-state index < -0.39 is 10.6 Å². The molecule has 170 valence electrons. The fourth-order valence-electron chi connectivity index (χ4n) is 3.42. The van der Waals surface area contributed by atoms with Crippen molar-refractivity contribution in [2.24, 2.45) is 11.1 Å². The summed E-state index contributed by atoms with van der Waals surface area (Å²) in [6.07, 6.45) is 1.79. The molecule has 8 heteroatoms. The molecule has 0 bridgehead atoms. The van der Waals surface area contributed by atoms with E-state index in [2.05, 4.69) is 6.92 Å². The largest absolute Gasteiger partial charge is 0.620 e. The van der Waals surface area contributed by atoms with Gasteiger partial charge in [-0.1, -0.05) is 34.1 Å². The van der Waals surface area contributed by atoms with E-state index in [1.807, 2.05) is 20.8 Å². The summed E-state index contributed by atoms with van der Waals surface area (Å²) in [4.78, 5) is 13.3. The van der Waals surface area contributed by atoms with Gasteiger partial charge in [0, 0.05) is 18.1 Å². The van der Waals surface area contributed by atoms with E-state index in [1.165, 1.54) is 0 Å². The zero-order chi connectivity index (χ0) is 21.7. The Labute approximate surface area is 185 Å². The van der Waals surface area contributed by atoms with Crippen LogP contribution in [0.3, 0.4) is 0 Å². The van der Waals surface area contributed by atoms with Gasteiger partial charge in [-0.2, -0.15) is 0 Å². The Morgan fingerprint density at radius 3 is 2.37 bits per heavy atom. The minimum absolute atomic E-state index is 0. The van der Waals surface area contributed by atoms with Gasteiger partial charge >= 0.3 is 5.91 Å². The lowest BCUT2D eigenvalue weighted by molar-refractivity contribution is -0.766. The highest BCUT2D eigenvalue weighted by Crippen LogP contribution is 2.40. The molecule has 0 saturated heterocycles. The van der Waals surface area contributed by atoms with Gasteiger partial charge in [-0.3, -0.25) is 4.65 Å². The first-order chi connectivity index (χ1) is 13.7. The summed E-state index contributed by atoms with van der Waals surface area (Å²) in [5.74, 6) is 0.483. The lowest BCUT2D eigenvalue weighted by atomic mass is 9.91. The first-order valence-corrected chi connectivity index (χ1v) is 10.1. The van der Waals surface area contributed by atoms with E-state index in [-0.39, 0.29) is 36.6 Å². The molecule has 30 heavy (non-hydrogen) atoms. The van der Waals surface area contributed by atoms with Crippen molar-refractivity contribution >= 4 is 24.1 Å². The second-order valence-electron chi connectivity index (χ2n) is 8.49. The summed E-state index contributed by atoms with van der Waals surface area (Å²) < 4.78 is 15.6. The van der Waals surface area contributed by atoms with Crippen LogP contribution < -0.4 is 10.5 Å². The fraction of sp³-hybridized carbons (Fsp3) is 0.591. The van der Waals surface area contributed by atoms with Gasteiger partial charge in [0.1, 0.15) is 12.4 Å². The van der Waals surface area contributed by atoms with Gasteiger partial charge in [0.25, 0.3) is 0 Å². The molecule has 1 atom stereocenters. The number of rotatable bonds is 10. The maximum absolute atomic E-state index is 13.9. The third kappa shape index (κ3) is 5.95. The van der Waals surface area contributed by atoms with E-state index in [0.29, 0.717) is 42.5 Å². The Hall–Kier alpha value is -1.64. The Morgan fingerprint density at radius 2 is 1.80 bits per heavy atom. The molecule has 0 saturated carbocycles. The molecule has 0 aliphatic carbocycles. The average molecular weight is 443 g/mol. The van der Waals surface area contributed by atoms with Crippen molar-refractivity contribution in [3.8, 4) is 5.75 Å². The predicted octanol–water partition coefficient (Wildman–Crippen LogP) is 4.09. The number of ether oxygens (including phenoxy) is 3. The second kappa shape index (κ2) is 11.1. The first kappa shape index (κ1) is 26.4. The molecule has 1 unspecified atom stereocenters. The third-order valence-electron chi connectivity index (χ3n) is 4.68. The molecule has 0 radical (unpaired) electrons. The van der Waals surface area contributed by atoms with E-state index in [1.54, 1.807) is 25.3 Å². The number of quaternary nitrogens is 1. The van der Waals surface area contributed by atoms with E-state index in [9.17, 15) is 10.0 Å². The number of hydroxylamine groups is 3. The van der Waals surface area contributed by atoms with Crippen molar-refractivity contribution in [1.82, 2.24) is 0 Å². The van der Waals surface area contributed by atoms with Crippen LogP contribution in [0.4, 0.5) is 0 Å². The average Bonchev–Trinajstić information content (AvgIpc) is 2.65. The molecule has 1 aliphatic heterocycles. The predicted molar refractivity (Wildman–Crippen MR) is 120 cm³/mol. The van der Waals surface area contributed by atoms with Crippen molar-refractivity contribution in [3.05, 3.63) is 40.2 Å². The van der Waals surface area contributed by atoms with E-state index in [4.69, 9.17) is 19.9 Å². The molecule has 1 aromatic rings. The minimum atomic E-state index is -1.11. The van der Waals surface area contributed by atoms with E-state index in [0.717, 1.165) is 12.8 Å². The van der Waals surface area contributed by atoms with E-state index >= 15 is 0 Å². The molecule has 0 spiro atoms. The Balaban J connectivity index is 0.00000450. The number of fused-ring (bicyclic) bond motifs is 1. The number of halogens is 1. The third-order valence-corrected chi connectivity index (χ3v) is 4.68.